The number of amides is 1. The number of carbonyl (C=O) groups is 1. The van der Waals surface area contributed by atoms with Gasteiger partial charge >= 0.3 is 0 Å². The molecule has 0 unspecified atom stereocenters. The Hall–Kier alpha value is -3.02. The van der Waals surface area contributed by atoms with Gasteiger partial charge in [0.2, 0.25) is 11.7 Å². The van der Waals surface area contributed by atoms with E-state index >= 15 is 0 Å². The number of hydrogen-bond acceptors (Lipinski definition) is 4. The van der Waals surface area contributed by atoms with Gasteiger partial charge in [-0.3, -0.25) is 4.79 Å². The van der Waals surface area contributed by atoms with E-state index in [9.17, 15) is 4.79 Å². The van der Waals surface area contributed by atoms with Crippen molar-refractivity contribution in [3.8, 4) is 11.4 Å². The van der Waals surface area contributed by atoms with Crippen LogP contribution in [0.1, 0.15) is 16.7 Å². The van der Waals surface area contributed by atoms with Crippen LogP contribution in [0, 0.1) is 20.8 Å². The monoisotopic (exact) mass is 321 g/mol. The molecule has 0 aliphatic carbocycles. The number of rotatable bonds is 4. The summed E-state index contributed by atoms with van der Waals surface area (Å²) in [5.74, 6) is 0.325. The normalized spacial score (nSPS) is 10.6. The van der Waals surface area contributed by atoms with Crippen molar-refractivity contribution < 1.29 is 4.79 Å². The zero-order chi connectivity index (χ0) is 17.1. The maximum Gasteiger partial charge on any atom is 0.248 e. The highest BCUT2D eigenvalue weighted by molar-refractivity contribution is 5.91. The second-order valence-corrected chi connectivity index (χ2v) is 5.81. The summed E-state index contributed by atoms with van der Waals surface area (Å²) in [6, 6.07) is 13.7. The van der Waals surface area contributed by atoms with Gasteiger partial charge in [-0.15, -0.1) is 10.2 Å². The van der Waals surface area contributed by atoms with Gasteiger partial charge in [0.1, 0.15) is 6.54 Å². The van der Waals surface area contributed by atoms with Gasteiger partial charge in [-0.1, -0.05) is 42.0 Å². The third-order valence-corrected chi connectivity index (χ3v) is 3.93. The van der Waals surface area contributed by atoms with Crippen molar-refractivity contribution in [3.05, 3.63) is 59.2 Å². The summed E-state index contributed by atoms with van der Waals surface area (Å²) < 4.78 is 0. The van der Waals surface area contributed by atoms with Crippen molar-refractivity contribution in [2.24, 2.45) is 0 Å². The molecular weight excluding hydrogens is 302 g/mol. The van der Waals surface area contributed by atoms with Crippen LogP contribution in [0.3, 0.4) is 0 Å². The van der Waals surface area contributed by atoms with Gasteiger partial charge in [0.15, 0.2) is 0 Å². The van der Waals surface area contributed by atoms with Crippen molar-refractivity contribution in [3.63, 3.8) is 0 Å². The van der Waals surface area contributed by atoms with E-state index in [2.05, 4.69) is 20.7 Å². The fraction of sp³-hybridized carbons (Fsp3) is 0.222. The Bertz CT molecular complexity index is 867. The lowest BCUT2D eigenvalue weighted by Gasteiger charge is -2.09. The van der Waals surface area contributed by atoms with Gasteiger partial charge in [-0.2, -0.15) is 4.80 Å². The summed E-state index contributed by atoms with van der Waals surface area (Å²) in [6.07, 6.45) is 0. The standard InChI is InChI=1S/C18H19N5O/c1-12-7-9-15(10-8-12)18-20-22-23(21-18)11-17(24)19-16-6-4-5-13(2)14(16)3/h4-10H,11H2,1-3H3,(H,19,24). The first-order valence-electron chi connectivity index (χ1n) is 7.74. The fourth-order valence-corrected chi connectivity index (χ4v) is 2.33. The highest BCUT2D eigenvalue weighted by atomic mass is 16.2. The average Bonchev–Trinajstić information content (AvgIpc) is 3.01. The Labute approximate surface area is 140 Å². The summed E-state index contributed by atoms with van der Waals surface area (Å²) in [7, 11) is 0. The molecule has 3 aromatic rings. The minimum Gasteiger partial charge on any atom is -0.324 e. The van der Waals surface area contributed by atoms with Crippen molar-refractivity contribution in [2.75, 3.05) is 5.32 Å². The molecule has 6 nitrogen and oxygen atoms in total. The lowest BCUT2D eigenvalue weighted by atomic mass is 10.1. The highest BCUT2D eigenvalue weighted by Gasteiger charge is 2.10. The Kier molecular flexibility index (Phi) is 4.37. The van der Waals surface area contributed by atoms with Crippen molar-refractivity contribution in [1.29, 1.82) is 0 Å². The molecule has 3 rings (SSSR count). The summed E-state index contributed by atoms with van der Waals surface area (Å²) in [6.45, 7) is 6.03. The Morgan fingerprint density at radius 2 is 1.83 bits per heavy atom. The van der Waals surface area contributed by atoms with E-state index in [4.69, 9.17) is 0 Å². The van der Waals surface area contributed by atoms with Crippen LogP contribution in [0.5, 0.6) is 0 Å². The molecular formula is C18H19N5O. The first-order valence-corrected chi connectivity index (χ1v) is 7.74. The molecule has 0 aliphatic heterocycles. The molecule has 0 radical (unpaired) electrons. The smallest absolute Gasteiger partial charge is 0.248 e. The minimum atomic E-state index is -0.184. The molecule has 6 heteroatoms. The maximum atomic E-state index is 12.2. The van der Waals surface area contributed by atoms with Gasteiger partial charge in [0, 0.05) is 11.3 Å². The number of tetrazole rings is 1. The van der Waals surface area contributed by atoms with Crippen molar-refractivity contribution >= 4 is 11.6 Å². The number of aryl methyl sites for hydroxylation is 2. The zero-order valence-corrected chi connectivity index (χ0v) is 13.9. The predicted octanol–water partition coefficient (Wildman–Crippen LogP) is 2.90. The number of nitrogens with zero attached hydrogens (tertiary/aromatic N) is 4. The Morgan fingerprint density at radius 3 is 2.58 bits per heavy atom. The van der Waals surface area contributed by atoms with E-state index in [0.29, 0.717) is 5.82 Å². The Morgan fingerprint density at radius 1 is 1.08 bits per heavy atom. The van der Waals surface area contributed by atoms with Crippen LogP contribution < -0.4 is 5.32 Å². The van der Waals surface area contributed by atoms with E-state index in [1.807, 2.05) is 63.2 Å². The quantitative estimate of drug-likeness (QED) is 0.802. The molecule has 24 heavy (non-hydrogen) atoms. The van der Waals surface area contributed by atoms with Crippen LogP contribution in [0.15, 0.2) is 42.5 Å². The van der Waals surface area contributed by atoms with E-state index in [-0.39, 0.29) is 12.5 Å². The topological polar surface area (TPSA) is 72.7 Å². The molecule has 0 saturated heterocycles. The molecule has 0 atom stereocenters. The van der Waals surface area contributed by atoms with Gasteiger partial charge in [0.05, 0.1) is 0 Å². The third-order valence-electron chi connectivity index (χ3n) is 3.93. The number of aromatic nitrogens is 4. The molecule has 1 amide bonds. The van der Waals surface area contributed by atoms with Crippen LogP contribution in [0.4, 0.5) is 5.69 Å². The van der Waals surface area contributed by atoms with E-state index in [0.717, 1.165) is 22.4 Å². The summed E-state index contributed by atoms with van der Waals surface area (Å²) in [5.41, 5.74) is 5.03. The van der Waals surface area contributed by atoms with Gasteiger partial charge < -0.3 is 5.32 Å². The van der Waals surface area contributed by atoms with Gasteiger partial charge in [-0.05, 0) is 43.2 Å². The highest BCUT2D eigenvalue weighted by Crippen LogP contribution is 2.18. The van der Waals surface area contributed by atoms with E-state index < -0.39 is 0 Å². The largest absolute Gasteiger partial charge is 0.324 e. The van der Waals surface area contributed by atoms with E-state index in [1.54, 1.807) is 0 Å². The molecule has 0 fully saturated rings. The zero-order valence-electron chi connectivity index (χ0n) is 13.9. The summed E-state index contributed by atoms with van der Waals surface area (Å²) in [4.78, 5) is 13.5. The van der Waals surface area contributed by atoms with Crippen LogP contribution >= 0.6 is 0 Å². The lowest BCUT2D eigenvalue weighted by molar-refractivity contribution is -0.117. The molecule has 0 bridgehead atoms. The molecule has 1 heterocycles. The molecule has 1 N–H and O–H groups in total. The van der Waals surface area contributed by atoms with Crippen LogP contribution in [0.25, 0.3) is 11.4 Å². The van der Waals surface area contributed by atoms with Gasteiger partial charge in [-0.25, -0.2) is 0 Å². The average molecular weight is 321 g/mol. The second kappa shape index (κ2) is 6.62. The molecule has 0 aliphatic rings. The number of carbonyl (C=O) groups excluding carboxylic acids is 1. The number of nitrogens with one attached hydrogen (secondary N) is 1. The first-order chi connectivity index (χ1) is 11.5. The second-order valence-electron chi connectivity index (χ2n) is 5.81. The van der Waals surface area contributed by atoms with Crippen molar-refractivity contribution in [1.82, 2.24) is 20.2 Å². The minimum absolute atomic E-state index is 0.0201. The number of hydrogen-bond donors (Lipinski definition) is 1. The van der Waals surface area contributed by atoms with Crippen LogP contribution in [-0.4, -0.2) is 26.1 Å². The molecule has 0 spiro atoms. The number of benzene rings is 2. The van der Waals surface area contributed by atoms with Crippen LogP contribution in [-0.2, 0) is 11.3 Å². The number of anilines is 1. The summed E-state index contributed by atoms with van der Waals surface area (Å²) in [5, 5.41) is 15.1. The third kappa shape index (κ3) is 3.48. The molecule has 0 saturated carbocycles. The molecule has 122 valence electrons. The van der Waals surface area contributed by atoms with Crippen molar-refractivity contribution in [2.45, 2.75) is 27.3 Å². The molecule has 2 aromatic carbocycles. The Balaban J connectivity index is 1.69. The van der Waals surface area contributed by atoms with Gasteiger partial charge in [0.25, 0.3) is 0 Å². The van der Waals surface area contributed by atoms with E-state index in [1.165, 1.54) is 10.4 Å². The predicted molar refractivity (Wildman–Crippen MR) is 92.5 cm³/mol. The SMILES string of the molecule is Cc1ccc(-c2nnn(CC(=O)Nc3cccc(C)c3C)n2)cc1. The fourth-order valence-electron chi connectivity index (χ4n) is 2.33. The molecule has 1 aromatic heterocycles. The summed E-state index contributed by atoms with van der Waals surface area (Å²) >= 11 is 0. The first kappa shape index (κ1) is 15.9. The van der Waals surface area contributed by atoms with Crippen LogP contribution in [0.2, 0.25) is 0 Å². The maximum absolute atomic E-state index is 12.2. The lowest BCUT2D eigenvalue weighted by Crippen LogP contribution is -2.21.